The molecular formula is C13H18BrNO. The molecule has 0 atom stereocenters. The topological polar surface area (TPSA) is 21.3 Å². The summed E-state index contributed by atoms with van der Waals surface area (Å²) in [5, 5.41) is 3.38. The summed E-state index contributed by atoms with van der Waals surface area (Å²) in [4.78, 5) is 0. The Morgan fingerprint density at radius 3 is 2.56 bits per heavy atom. The van der Waals surface area contributed by atoms with E-state index in [0.29, 0.717) is 0 Å². The minimum absolute atomic E-state index is 0.840. The van der Waals surface area contributed by atoms with Gasteiger partial charge in [0.15, 0.2) is 0 Å². The fourth-order valence-electron chi connectivity index (χ4n) is 2.04. The molecule has 1 aliphatic heterocycles. The lowest BCUT2D eigenvalue weighted by Crippen LogP contribution is -2.28. The highest BCUT2D eigenvalue weighted by Gasteiger charge is 2.12. The summed E-state index contributed by atoms with van der Waals surface area (Å²) in [6, 6.07) is 8.04. The first kappa shape index (κ1) is 11.9. The third kappa shape index (κ3) is 3.80. The van der Waals surface area contributed by atoms with Gasteiger partial charge in [-0.3, -0.25) is 0 Å². The quantitative estimate of drug-likeness (QED) is 0.916. The molecule has 16 heavy (non-hydrogen) atoms. The fourth-order valence-corrected chi connectivity index (χ4v) is 2.31. The van der Waals surface area contributed by atoms with Gasteiger partial charge in [-0.1, -0.05) is 15.9 Å². The second-order valence-electron chi connectivity index (χ2n) is 4.28. The number of rotatable bonds is 4. The van der Waals surface area contributed by atoms with Gasteiger partial charge in [-0.2, -0.15) is 0 Å². The summed E-state index contributed by atoms with van der Waals surface area (Å²) in [5.41, 5.74) is 0. The van der Waals surface area contributed by atoms with Gasteiger partial charge in [0.1, 0.15) is 5.75 Å². The zero-order valence-corrected chi connectivity index (χ0v) is 11.0. The lowest BCUT2D eigenvalue weighted by Gasteiger charge is -2.22. The summed E-state index contributed by atoms with van der Waals surface area (Å²) in [6.45, 7) is 3.18. The van der Waals surface area contributed by atoms with Gasteiger partial charge in [0.05, 0.1) is 6.61 Å². The van der Waals surface area contributed by atoms with E-state index in [1.807, 2.05) is 24.3 Å². The first-order chi connectivity index (χ1) is 7.84. The second-order valence-corrected chi connectivity index (χ2v) is 5.20. The lowest BCUT2D eigenvalue weighted by atomic mass is 9.95. The predicted molar refractivity (Wildman–Crippen MR) is 69.8 cm³/mol. The van der Waals surface area contributed by atoms with Crippen LogP contribution in [0.2, 0.25) is 0 Å². The van der Waals surface area contributed by atoms with Crippen molar-refractivity contribution in [3.63, 3.8) is 0 Å². The minimum atomic E-state index is 0.840. The minimum Gasteiger partial charge on any atom is -0.494 e. The van der Waals surface area contributed by atoms with Gasteiger partial charge in [-0.25, -0.2) is 0 Å². The summed E-state index contributed by atoms with van der Waals surface area (Å²) in [6.07, 6.45) is 3.77. The van der Waals surface area contributed by atoms with Gasteiger partial charge >= 0.3 is 0 Å². The van der Waals surface area contributed by atoms with Crippen LogP contribution in [0.5, 0.6) is 5.75 Å². The molecule has 1 aromatic rings. The highest BCUT2D eigenvalue weighted by atomic mass is 79.9. The molecule has 0 radical (unpaired) electrons. The van der Waals surface area contributed by atoms with Crippen molar-refractivity contribution in [1.29, 1.82) is 0 Å². The second kappa shape index (κ2) is 6.26. The van der Waals surface area contributed by atoms with Gasteiger partial charge in [0.2, 0.25) is 0 Å². The van der Waals surface area contributed by atoms with Crippen molar-refractivity contribution in [1.82, 2.24) is 5.32 Å². The SMILES string of the molecule is Brc1ccc(OCCC2CCNCC2)cc1. The molecule has 0 aliphatic carbocycles. The summed E-state index contributed by atoms with van der Waals surface area (Å²) in [7, 11) is 0. The Morgan fingerprint density at radius 2 is 1.88 bits per heavy atom. The van der Waals surface area contributed by atoms with Crippen molar-refractivity contribution in [2.75, 3.05) is 19.7 Å². The van der Waals surface area contributed by atoms with E-state index in [-0.39, 0.29) is 0 Å². The van der Waals surface area contributed by atoms with E-state index < -0.39 is 0 Å². The number of hydrogen-bond acceptors (Lipinski definition) is 2. The van der Waals surface area contributed by atoms with E-state index in [1.54, 1.807) is 0 Å². The molecule has 3 heteroatoms. The van der Waals surface area contributed by atoms with Gasteiger partial charge in [-0.05, 0) is 62.5 Å². The zero-order chi connectivity index (χ0) is 11.2. The van der Waals surface area contributed by atoms with Crippen LogP contribution >= 0.6 is 15.9 Å². The molecule has 2 nitrogen and oxygen atoms in total. The Labute approximate surface area is 106 Å². The standard InChI is InChI=1S/C13H18BrNO/c14-12-1-3-13(4-2-12)16-10-7-11-5-8-15-9-6-11/h1-4,11,15H,5-10H2. The summed E-state index contributed by atoms with van der Waals surface area (Å²) in [5.74, 6) is 1.81. The normalized spacial score (nSPS) is 17.3. The largest absolute Gasteiger partial charge is 0.494 e. The third-order valence-electron chi connectivity index (χ3n) is 3.07. The lowest BCUT2D eigenvalue weighted by molar-refractivity contribution is 0.252. The molecule has 1 aromatic carbocycles. The van der Waals surface area contributed by atoms with Gasteiger partial charge < -0.3 is 10.1 Å². The van der Waals surface area contributed by atoms with Crippen molar-refractivity contribution in [3.05, 3.63) is 28.7 Å². The van der Waals surface area contributed by atoms with E-state index in [2.05, 4.69) is 21.2 Å². The number of piperidine rings is 1. The number of benzene rings is 1. The zero-order valence-electron chi connectivity index (χ0n) is 9.42. The predicted octanol–water partition coefficient (Wildman–Crippen LogP) is 3.22. The van der Waals surface area contributed by atoms with Crippen molar-refractivity contribution in [3.8, 4) is 5.75 Å². The van der Waals surface area contributed by atoms with Crippen LogP contribution in [0.15, 0.2) is 28.7 Å². The van der Waals surface area contributed by atoms with E-state index in [1.165, 1.54) is 32.4 Å². The van der Waals surface area contributed by atoms with Crippen LogP contribution in [0.4, 0.5) is 0 Å². The Kier molecular flexibility index (Phi) is 4.67. The maximum absolute atomic E-state index is 5.72. The van der Waals surface area contributed by atoms with E-state index >= 15 is 0 Å². The molecule has 1 N–H and O–H groups in total. The van der Waals surface area contributed by atoms with E-state index in [9.17, 15) is 0 Å². The molecule has 88 valence electrons. The van der Waals surface area contributed by atoms with Gasteiger partial charge in [-0.15, -0.1) is 0 Å². The molecule has 1 fully saturated rings. The molecular weight excluding hydrogens is 266 g/mol. The Balaban J connectivity index is 1.69. The van der Waals surface area contributed by atoms with Crippen LogP contribution in [0.25, 0.3) is 0 Å². The van der Waals surface area contributed by atoms with E-state index in [0.717, 1.165) is 22.7 Å². The Morgan fingerprint density at radius 1 is 1.19 bits per heavy atom. The first-order valence-corrected chi connectivity index (χ1v) is 6.73. The highest BCUT2D eigenvalue weighted by Crippen LogP contribution is 2.19. The fraction of sp³-hybridized carbons (Fsp3) is 0.538. The maximum atomic E-state index is 5.72. The number of hydrogen-bond donors (Lipinski definition) is 1. The van der Waals surface area contributed by atoms with Crippen molar-refractivity contribution in [2.24, 2.45) is 5.92 Å². The molecule has 1 aliphatic rings. The Bertz CT molecular complexity index is 306. The molecule has 0 unspecified atom stereocenters. The van der Waals surface area contributed by atoms with Crippen molar-refractivity contribution >= 4 is 15.9 Å². The molecule has 0 spiro atoms. The molecule has 1 heterocycles. The molecule has 1 saturated heterocycles. The van der Waals surface area contributed by atoms with E-state index in [4.69, 9.17) is 4.74 Å². The third-order valence-corrected chi connectivity index (χ3v) is 3.60. The molecule has 0 saturated carbocycles. The number of halogens is 1. The van der Waals surface area contributed by atoms with Crippen molar-refractivity contribution in [2.45, 2.75) is 19.3 Å². The van der Waals surface area contributed by atoms with Crippen LogP contribution < -0.4 is 10.1 Å². The highest BCUT2D eigenvalue weighted by molar-refractivity contribution is 9.10. The molecule has 2 rings (SSSR count). The summed E-state index contributed by atoms with van der Waals surface area (Å²) < 4.78 is 6.82. The van der Waals surface area contributed by atoms with Crippen LogP contribution in [-0.4, -0.2) is 19.7 Å². The average Bonchev–Trinajstić information content (AvgIpc) is 2.33. The van der Waals surface area contributed by atoms with Crippen LogP contribution in [0.3, 0.4) is 0 Å². The Hall–Kier alpha value is -0.540. The van der Waals surface area contributed by atoms with Crippen LogP contribution in [0.1, 0.15) is 19.3 Å². The van der Waals surface area contributed by atoms with Crippen LogP contribution in [0, 0.1) is 5.92 Å². The number of ether oxygens (including phenoxy) is 1. The molecule has 0 bridgehead atoms. The number of nitrogens with one attached hydrogen (secondary N) is 1. The van der Waals surface area contributed by atoms with Gasteiger partial charge in [0.25, 0.3) is 0 Å². The average molecular weight is 284 g/mol. The molecule has 0 amide bonds. The smallest absolute Gasteiger partial charge is 0.119 e. The van der Waals surface area contributed by atoms with Crippen molar-refractivity contribution < 1.29 is 4.74 Å². The molecule has 0 aromatic heterocycles. The summed E-state index contributed by atoms with van der Waals surface area (Å²) >= 11 is 3.41. The monoisotopic (exact) mass is 283 g/mol. The maximum Gasteiger partial charge on any atom is 0.119 e. The van der Waals surface area contributed by atoms with Crippen LogP contribution in [-0.2, 0) is 0 Å². The van der Waals surface area contributed by atoms with Gasteiger partial charge in [0, 0.05) is 4.47 Å². The first-order valence-electron chi connectivity index (χ1n) is 5.94.